The van der Waals surface area contributed by atoms with E-state index < -0.39 is 11.9 Å². The van der Waals surface area contributed by atoms with Crippen LogP contribution in [0.15, 0.2) is 59.8 Å². The van der Waals surface area contributed by atoms with Crippen molar-refractivity contribution in [3.05, 3.63) is 76.7 Å². The van der Waals surface area contributed by atoms with Crippen molar-refractivity contribution < 1.29 is 9.18 Å². The van der Waals surface area contributed by atoms with Crippen LogP contribution >= 0.6 is 0 Å². The lowest BCUT2D eigenvalue weighted by Crippen LogP contribution is -2.31. The number of aromatic nitrogens is 4. The molecule has 4 rings (SSSR count). The van der Waals surface area contributed by atoms with E-state index in [-0.39, 0.29) is 5.91 Å². The summed E-state index contributed by atoms with van der Waals surface area (Å²) in [4.78, 5) is 13.1. The fourth-order valence-electron chi connectivity index (χ4n) is 3.21. The number of carbonyl (C=O) groups excluding carboxylic acids is 1. The number of anilines is 2. The average Bonchev–Trinajstić information content (AvgIpc) is 3.08. The SMILES string of the molecule is CC1=C(C(=O)Nc2cccc(C)c2)C(c2cccc(F)c2)n2nnnc2N1. The second kappa shape index (κ2) is 6.64. The van der Waals surface area contributed by atoms with E-state index in [9.17, 15) is 9.18 Å². The zero-order valence-corrected chi connectivity index (χ0v) is 14.8. The van der Waals surface area contributed by atoms with Gasteiger partial charge in [0.1, 0.15) is 11.9 Å². The van der Waals surface area contributed by atoms with Crippen molar-refractivity contribution in [3.63, 3.8) is 0 Å². The van der Waals surface area contributed by atoms with Gasteiger partial charge in [-0.3, -0.25) is 4.79 Å². The standard InChI is InChI=1S/C19H17FN6O/c1-11-5-3-8-15(9-11)22-18(27)16-12(2)21-19-23-24-25-26(19)17(16)13-6-4-7-14(20)10-13/h3-10,17H,1-2H3,(H,22,27)(H,21,23,25). The Morgan fingerprint density at radius 1 is 1.19 bits per heavy atom. The van der Waals surface area contributed by atoms with Crippen LogP contribution < -0.4 is 10.6 Å². The van der Waals surface area contributed by atoms with Crippen LogP contribution in [0.5, 0.6) is 0 Å². The fraction of sp³-hybridized carbons (Fsp3) is 0.158. The summed E-state index contributed by atoms with van der Waals surface area (Å²) in [5, 5.41) is 17.5. The molecule has 0 bridgehead atoms. The lowest BCUT2D eigenvalue weighted by Gasteiger charge is -2.28. The van der Waals surface area contributed by atoms with Crippen molar-refractivity contribution in [1.82, 2.24) is 20.2 Å². The third-order valence-electron chi connectivity index (χ3n) is 4.40. The summed E-state index contributed by atoms with van der Waals surface area (Å²) >= 11 is 0. The summed E-state index contributed by atoms with van der Waals surface area (Å²) in [5.74, 6) is -0.299. The molecule has 2 N–H and O–H groups in total. The van der Waals surface area contributed by atoms with Gasteiger partial charge in [0, 0.05) is 11.4 Å². The predicted molar refractivity (Wildman–Crippen MR) is 98.5 cm³/mol. The fourth-order valence-corrected chi connectivity index (χ4v) is 3.21. The van der Waals surface area contributed by atoms with Gasteiger partial charge in [-0.15, -0.1) is 0 Å². The van der Waals surface area contributed by atoms with Crippen LogP contribution in [0.4, 0.5) is 16.0 Å². The van der Waals surface area contributed by atoms with Gasteiger partial charge in [-0.25, -0.2) is 4.39 Å². The molecule has 1 amide bonds. The maximum Gasteiger partial charge on any atom is 0.255 e. The molecule has 1 aromatic heterocycles. The van der Waals surface area contributed by atoms with Gasteiger partial charge in [-0.2, -0.15) is 4.68 Å². The number of nitrogens with zero attached hydrogens (tertiary/aromatic N) is 4. The number of benzene rings is 2. The second-order valence-corrected chi connectivity index (χ2v) is 6.39. The van der Waals surface area contributed by atoms with Crippen LogP contribution in [0, 0.1) is 12.7 Å². The topological polar surface area (TPSA) is 84.7 Å². The molecular weight excluding hydrogens is 347 g/mol. The van der Waals surface area contributed by atoms with E-state index >= 15 is 0 Å². The molecule has 0 saturated heterocycles. The van der Waals surface area contributed by atoms with E-state index in [1.165, 1.54) is 16.8 Å². The first-order valence-corrected chi connectivity index (χ1v) is 8.42. The molecule has 1 atom stereocenters. The van der Waals surface area contributed by atoms with Crippen molar-refractivity contribution in [3.8, 4) is 0 Å². The summed E-state index contributed by atoms with van der Waals surface area (Å²) in [5.41, 5.74) is 3.32. The number of carbonyl (C=O) groups is 1. The summed E-state index contributed by atoms with van der Waals surface area (Å²) in [6.07, 6.45) is 0. The zero-order chi connectivity index (χ0) is 19.0. The van der Waals surface area contributed by atoms with Crippen LogP contribution in [-0.2, 0) is 4.79 Å². The van der Waals surface area contributed by atoms with Gasteiger partial charge in [0.05, 0.1) is 5.57 Å². The van der Waals surface area contributed by atoms with Crippen molar-refractivity contribution in [2.75, 3.05) is 10.6 Å². The third kappa shape index (κ3) is 3.17. The second-order valence-electron chi connectivity index (χ2n) is 6.39. The highest BCUT2D eigenvalue weighted by molar-refractivity contribution is 6.06. The molecule has 27 heavy (non-hydrogen) atoms. The molecule has 0 fully saturated rings. The van der Waals surface area contributed by atoms with E-state index in [0.717, 1.165) is 5.56 Å². The Balaban J connectivity index is 1.77. The summed E-state index contributed by atoms with van der Waals surface area (Å²) < 4.78 is 15.3. The molecule has 0 spiro atoms. The first-order valence-electron chi connectivity index (χ1n) is 8.42. The minimum absolute atomic E-state index is 0.305. The number of fused-ring (bicyclic) bond motifs is 1. The van der Waals surface area contributed by atoms with Gasteiger partial charge in [0.2, 0.25) is 5.95 Å². The zero-order valence-electron chi connectivity index (χ0n) is 14.8. The minimum Gasteiger partial charge on any atom is -0.326 e. The summed E-state index contributed by atoms with van der Waals surface area (Å²) in [6.45, 7) is 3.72. The van der Waals surface area contributed by atoms with Gasteiger partial charge in [-0.1, -0.05) is 29.4 Å². The molecular formula is C19H17FN6O. The normalized spacial score (nSPS) is 15.9. The Hall–Kier alpha value is -3.55. The first-order chi connectivity index (χ1) is 13.0. The molecule has 3 aromatic rings. The van der Waals surface area contributed by atoms with Gasteiger partial charge in [0.25, 0.3) is 5.91 Å². The van der Waals surface area contributed by atoms with Crippen molar-refractivity contribution >= 4 is 17.5 Å². The largest absolute Gasteiger partial charge is 0.326 e. The lowest BCUT2D eigenvalue weighted by atomic mass is 9.95. The van der Waals surface area contributed by atoms with Gasteiger partial charge < -0.3 is 10.6 Å². The van der Waals surface area contributed by atoms with Crippen molar-refractivity contribution in [2.24, 2.45) is 0 Å². The van der Waals surface area contributed by atoms with E-state index in [4.69, 9.17) is 0 Å². The maximum absolute atomic E-state index is 13.8. The van der Waals surface area contributed by atoms with Crippen LogP contribution in [0.2, 0.25) is 0 Å². The smallest absolute Gasteiger partial charge is 0.255 e. The number of tetrazole rings is 1. The first kappa shape index (κ1) is 16.9. The van der Waals surface area contributed by atoms with E-state index in [2.05, 4.69) is 26.2 Å². The van der Waals surface area contributed by atoms with Crippen LogP contribution in [0.3, 0.4) is 0 Å². The average molecular weight is 364 g/mol. The van der Waals surface area contributed by atoms with Crippen LogP contribution in [0.1, 0.15) is 24.1 Å². The van der Waals surface area contributed by atoms with Gasteiger partial charge in [0.15, 0.2) is 0 Å². The number of amides is 1. The van der Waals surface area contributed by atoms with E-state index in [0.29, 0.717) is 28.5 Å². The molecule has 7 nitrogen and oxygen atoms in total. The molecule has 0 radical (unpaired) electrons. The van der Waals surface area contributed by atoms with Gasteiger partial charge in [-0.05, 0) is 59.7 Å². The Morgan fingerprint density at radius 2 is 2.00 bits per heavy atom. The van der Waals surface area contributed by atoms with Crippen molar-refractivity contribution in [1.29, 1.82) is 0 Å². The molecule has 1 aliphatic heterocycles. The lowest BCUT2D eigenvalue weighted by molar-refractivity contribution is -0.113. The summed E-state index contributed by atoms with van der Waals surface area (Å²) in [6, 6.07) is 13.0. The van der Waals surface area contributed by atoms with Gasteiger partial charge >= 0.3 is 0 Å². The Kier molecular flexibility index (Phi) is 4.15. The molecule has 136 valence electrons. The monoisotopic (exact) mass is 364 g/mol. The molecule has 1 unspecified atom stereocenters. The predicted octanol–water partition coefficient (Wildman–Crippen LogP) is 3.05. The highest BCUT2D eigenvalue weighted by atomic mass is 19.1. The summed E-state index contributed by atoms with van der Waals surface area (Å²) in [7, 11) is 0. The van der Waals surface area contributed by atoms with Crippen LogP contribution in [-0.4, -0.2) is 26.1 Å². The Morgan fingerprint density at radius 3 is 2.78 bits per heavy atom. The molecule has 2 aromatic carbocycles. The van der Waals surface area contributed by atoms with Crippen LogP contribution in [0.25, 0.3) is 0 Å². The van der Waals surface area contributed by atoms with E-state index in [1.54, 1.807) is 19.1 Å². The number of nitrogens with one attached hydrogen (secondary N) is 2. The Labute approximate surface area is 154 Å². The number of allylic oxidation sites excluding steroid dienone is 1. The number of halogens is 1. The molecule has 0 saturated carbocycles. The highest BCUT2D eigenvalue weighted by Crippen LogP contribution is 2.35. The molecule has 2 heterocycles. The van der Waals surface area contributed by atoms with Crippen molar-refractivity contribution in [2.45, 2.75) is 19.9 Å². The van der Waals surface area contributed by atoms with E-state index in [1.807, 2.05) is 31.2 Å². The molecule has 8 heteroatoms. The number of rotatable bonds is 3. The number of hydrogen-bond donors (Lipinski definition) is 2. The highest BCUT2D eigenvalue weighted by Gasteiger charge is 2.34. The molecule has 0 aliphatic carbocycles. The Bertz CT molecular complexity index is 1060. The maximum atomic E-state index is 13.8. The number of hydrogen-bond acceptors (Lipinski definition) is 5. The quantitative estimate of drug-likeness (QED) is 0.746. The minimum atomic E-state index is -0.642. The number of aryl methyl sites for hydroxylation is 1. The molecule has 1 aliphatic rings. The third-order valence-corrected chi connectivity index (χ3v) is 4.40.